The van der Waals surface area contributed by atoms with E-state index in [4.69, 9.17) is 0 Å². The first-order valence-electron chi connectivity index (χ1n) is 10.3. The lowest BCUT2D eigenvalue weighted by atomic mass is 9.85. The lowest BCUT2D eigenvalue weighted by Gasteiger charge is -2.36. The summed E-state index contributed by atoms with van der Waals surface area (Å²) < 4.78 is 31.1. The number of para-hydroxylation sites is 1. The Kier molecular flexibility index (Phi) is 8.94. The molecule has 4 unspecified atom stereocenters. The number of nitrogens with one attached hydrogen (secondary N) is 4. The Morgan fingerprint density at radius 1 is 1.19 bits per heavy atom. The predicted molar refractivity (Wildman–Crippen MR) is 126 cm³/mol. The quantitative estimate of drug-likeness (QED) is 0.299. The van der Waals surface area contributed by atoms with Gasteiger partial charge in [-0.25, -0.2) is 8.78 Å². The molecule has 3 amide bonds. The lowest BCUT2D eigenvalue weighted by molar-refractivity contribution is -0.143. The number of hydrogen-bond acceptors (Lipinski definition) is 5. The third kappa shape index (κ3) is 6.13. The number of carbonyl (C=O) groups excluding carboxylic acids is 3. The highest BCUT2D eigenvalue weighted by Crippen LogP contribution is 2.28. The molecule has 1 heterocycles. The van der Waals surface area contributed by atoms with Crippen LogP contribution in [-0.4, -0.2) is 60.4 Å². The minimum Gasteiger partial charge on any atom is -0.342 e. The average Bonchev–Trinajstić information content (AvgIpc) is 3.17. The van der Waals surface area contributed by atoms with Gasteiger partial charge in [-0.3, -0.25) is 17.9 Å². The maximum absolute atomic E-state index is 14.0. The summed E-state index contributed by atoms with van der Waals surface area (Å²) in [5.74, 6) is -3.29. The molecule has 2 rings (SSSR count). The van der Waals surface area contributed by atoms with E-state index in [1.807, 2.05) is 43.6 Å². The third-order valence-electron chi connectivity index (χ3n) is 5.48. The number of nitrogens with zero attached hydrogens (tertiary/aromatic N) is 1. The Labute approximate surface area is 200 Å². The van der Waals surface area contributed by atoms with Gasteiger partial charge in [0.25, 0.3) is 0 Å². The Bertz CT molecular complexity index is 844. The van der Waals surface area contributed by atoms with Crippen LogP contribution < -0.4 is 19.5 Å². The summed E-state index contributed by atoms with van der Waals surface area (Å²) in [6.45, 7) is 7.32. The van der Waals surface area contributed by atoms with E-state index in [0.29, 0.717) is 0 Å². The highest BCUT2D eigenvalue weighted by Gasteiger charge is 2.45. The standard InChI is InChI=1S/C21H30F2IN5O3/c1-11(25-5)18(30)27-17(21(2,3)4)20(32)29-10-12(28-24)9-15(29)19(31)26-16-13(22)7-6-8-14(16)23/h6-8,11-12,15,17,25,28H,9-10H2,1-5H3,(H,26,31)(H,27,30). The summed E-state index contributed by atoms with van der Waals surface area (Å²) in [4.78, 5) is 40.4. The molecule has 0 spiro atoms. The van der Waals surface area contributed by atoms with E-state index in [0.717, 1.165) is 12.1 Å². The van der Waals surface area contributed by atoms with Gasteiger partial charge >= 0.3 is 0 Å². The fourth-order valence-electron chi connectivity index (χ4n) is 3.44. The first kappa shape index (κ1) is 26.4. The van der Waals surface area contributed by atoms with Gasteiger partial charge in [-0.1, -0.05) is 26.8 Å². The molecule has 1 fully saturated rings. The molecule has 1 aliphatic rings. The monoisotopic (exact) mass is 565 g/mol. The van der Waals surface area contributed by atoms with Crippen LogP contribution in [0.2, 0.25) is 0 Å². The van der Waals surface area contributed by atoms with Gasteiger partial charge < -0.3 is 20.9 Å². The molecule has 1 aliphatic heterocycles. The topological polar surface area (TPSA) is 103 Å². The average molecular weight is 565 g/mol. The van der Waals surface area contributed by atoms with E-state index < -0.39 is 52.7 Å². The van der Waals surface area contributed by atoms with Gasteiger partial charge in [-0.2, -0.15) is 0 Å². The molecule has 0 aliphatic carbocycles. The Morgan fingerprint density at radius 2 is 1.78 bits per heavy atom. The molecule has 0 radical (unpaired) electrons. The largest absolute Gasteiger partial charge is 0.342 e. The molecule has 11 heteroatoms. The Balaban J connectivity index is 2.31. The minimum atomic E-state index is -0.961. The van der Waals surface area contributed by atoms with Gasteiger partial charge in [0.2, 0.25) is 17.7 Å². The van der Waals surface area contributed by atoms with Crippen LogP contribution in [0.15, 0.2) is 18.2 Å². The molecule has 8 nitrogen and oxygen atoms in total. The molecular weight excluding hydrogens is 535 g/mol. The first-order valence-corrected chi connectivity index (χ1v) is 11.4. The minimum absolute atomic E-state index is 0.201. The number of rotatable bonds is 7. The number of likely N-dealkylation sites (N-methyl/N-ethyl adjacent to an activating group) is 1. The number of benzene rings is 1. The molecule has 32 heavy (non-hydrogen) atoms. The van der Waals surface area contributed by atoms with Crippen LogP contribution in [0.3, 0.4) is 0 Å². The van der Waals surface area contributed by atoms with E-state index in [2.05, 4.69) is 19.5 Å². The fraction of sp³-hybridized carbons (Fsp3) is 0.571. The van der Waals surface area contributed by atoms with Crippen LogP contribution >= 0.6 is 22.9 Å². The summed E-state index contributed by atoms with van der Waals surface area (Å²) in [7, 11) is 1.64. The second-order valence-electron chi connectivity index (χ2n) is 8.95. The highest BCUT2D eigenvalue weighted by atomic mass is 127. The Hall–Kier alpha value is -1.86. The summed E-state index contributed by atoms with van der Waals surface area (Å²) >= 11 is 1.94. The van der Waals surface area contributed by atoms with Crippen LogP contribution in [0.25, 0.3) is 0 Å². The molecule has 1 saturated heterocycles. The van der Waals surface area contributed by atoms with Crippen molar-refractivity contribution in [1.82, 2.24) is 19.1 Å². The van der Waals surface area contributed by atoms with Crippen molar-refractivity contribution >= 4 is 46.3 Å². The van der Waals surface area contributed by atoms with Gasteiger partial charge in [-0.05, 0) is 37.9 Å². The second-order valence-corrected chi connectivity index (χ2v) is 9.57. The molecule has 4 atom stereocenters. The van der Waals surface area contributed by atoms with E-state index in [1.165, 1.54) is 11.0 Å². The molecule has 1 aromatic rings. The first-order chi connectivity index (χ1) is 14.9. The van der Waals surface area contributed by atoms with E-state index in [-0.39, 0.29) is 24.9 Å². The van der Waals surface area contributed by atoms with Gasteiger partial charge in [0.05, 0.1) is 6.04 Å². The number of amides is 3. The molecule has 0 bridgehead atoms. The van der Waals surface area contributed by atoms with Crippen molar-refractivity contribution in [1.29, 1.82) is 0 Å². The van der Waals surface area contributed by atoms with Gasteiger partial charge in [0, 0.05) is 35.5 Å². The van der Waals surface area contributed by atoms with Crippen LogP contribution in [-0.2, 0) is 14.4 Å². The zero-order valence-electron chi connectivity index (χ0n) is 18.8. The number of carbonyl (C=O) groups is 3. The van der Waals surface area contributed by atoms with Crippen LogP contribution in [0.4, 0.5) is 14.5 Å². The second kappa shape index (κ2) is 10.8. The Morgan fingerprint density at radius 3 is 2.28 bits per heavy atom. The van der Waals surface area contributed by atoms with Gasteiger partial charge in [-0.15, -0.1) is 0 Å². The van der Waals surface area contributed by atoms with Crippen molar-refractivity contribution in [2.24, 2.45) is 5.41 Å². The number of anilines is 1. The van der Waals surface area contributed by atoms with E-state index in [9.17, 15) is 23.2 Å². The van der Waals surface area contributed by atoms with E-state index in [1.54, 1.807) is 14.0 Å². The zero-order chi connectivity index (χ0) is 24.2. The molecule has 0 aromatic heterocycles. The number of likely N-dealkylation sites (tertiary alicyclic amines) is 1. The summed E-state index contributed by atoms with van der Waals surface area (Å²) in [6, 6.07) is 0.701. The van der Waals surface area contributed by atoms with Crippen LogP contribution in [0.1, 0.15) is 34.1 Å². The molecule has 0 saturated carbocycles. The molecule has 1 aromatic carbocycles. The SMILES string of the molecule is CNC(C)C(=O)NC(C(=O)N1CC(NI)CC1C(=O)Nc1c(F)cccc1F)C(C)(C)C. The van der Waals surface area contributed by atoms with Crippen LogP contribution in [0, 0.1) is 17.0 Å². The molecular formula is C21H30F2IN5O3. The van der Waals surface area contributed by atoms with Crippen molar-refractivity contribution in [3.63, 3.8) is 0 Å². The van der Waals surface area contributed by atoms with Crippen molar-refractivity contribution in [3.8, 4) is 0 Å². The number of halogens is 3. The highest BCUT2D eigenvalue weighted by molar-refractivity contribution is 14.1. The third-order valence-corrected chi connectivity index (χ3v) is 6.36. The van der Waals surface area contributed by atoms with Crippen molar-refractivity contribution in [2.75, 3.05) is 18.9 Å². The zero-order valence-corrected chi connectivity index (χ0v) is 20.9. The maximum atomic E-state index is 14.0. The van der Waals surface area contributed by atoms with Gasteiger partial charge in [0.15, 0.2) is 0 Å². The smallest absolute Gasteiger partial charge is 0.247 e. The van der Waals surface area contributed by atoms with Gasteiger partial charge in [0.1, 0.15) is 29.4 Å². The molecule has 178 valence electrons. The fourth-order valence-corrected chi connectivity index (χ4v) is 3.89. The normalized spacial score (nSPS) is 20.6. The van der Waals surface area contributed by atoms with Crippen molar-refractivity contribution in [3.05, 3.63) is 29.8 Å². The van der Waals surface area contributed by atoms with E-state index >= 15 is 0 Å². The predicted octanol–water partition coefficient (Wildman–Crippen LogP) is 1.95. The van der Waals surface area contributed by atoms with Crippen molar-refractivity contribution < 1.29 is 23.2 Å². The summed E-state index contributed by atoms with van der Waals surface area (Å²) in [6.07, 6.45) is 0.258. The number of hydrogen-bond donors (Lipinski definition) is 4. The maximum Gasteiger partial charge on any atom is 0.247 e. The van der Waals surface area contributed by atoms with Crippen LogP contribution in [0.5, 0.6) is 0 Å². The molecule has 4 N–H and O–H groups in total. The summed E-state index contributed by atoms with van der Waals surface area (Å²) in [5, 5.41) is 7.89. The lowest BCUT2D eigenvalue weighted by Crippen LogP contribution is -2.59. The summed E-state index contributed by atoms with van der Waals surface area (Å²) in [5.41, 5.74) is -1.20. The van der Waals surface area contributed by atoms with Crippen molar-refractivity contribution in [2.45, 2.75) is 58.3 Å².